The van der Waals surface area contributed by atoms with E-state index in [-0.39, 0.29) is 0 Å². The Morgan fingerprint density at radius 3 is 2.91 bits per heavy atom. The monoisotopic (exact) mass is 298 g/mol. The normalized spacial score (nSPS) is 29.5. The lowest BCUT2D eigenvalue weighted by atomic mass is 9.82. The van der Waals surface area contributed by atoms with Crippen LogP contribution in [0.5, 0.6) is 0 Å². The van der Waals surface area contributed by atoms with Crippen LogP contribution < -0.4 is 10.2 Å². The van der Waals surface area contributed by atoms with Crippen molar-refractivity contribution in [3.05, 3.63) is 24.0 Å². The molecular weight excluding hydrogens is 280 g/mol. The third-order valence-corrected chi connectivity index (χ3v) is 4.91. The van der Waals surface area contributed by atoms with Gasteiger partial charge in [0.25, 0.3) is 0 Å². The van der Waals surface area contributed by atoms with Crippen LogP contribution in [-0.2, 0) is 0 Å². The van der Waals surface area contributed by atoms with E-state index in [1.807, 2.05) is 6.07 Å². The van der Waals surface area contributed by atoms with Gasteiger partial charge in [-0.15, -0.1) is 0 Å². The second-order valence-corrected chi connectivity index (χ2v) is 6.76. The number of H-pyrrole nitrogens is 1. The first kappa shape index (κ1) is 12.4. The minimum atomic E-state index is -0.515. The molecule has 7 nitrogen and oxygen atoms in total. The third kappa shape index (κ3) is 1.96. The highest BCUT2D eigenvalue weighted by Crippen LogP contribution is 2.45. The Hall–Kier alpha value is -2.15. The molecule has 4 aliphatic rings. The minimum Gasteiger partial charge on any atom is -0.388 e. The third-order valence-electron chi connectivity index (χ3n) is 4.91. The molecule has 2 aromatic heterocycles. The first-order chi connectivity index (χ1) is 10.7. The quantitative estimate of drug-likeness (QED) is 0.793. The zero-order chi connectivity index (χ0) is 14.7. The van der Waals surface area contributed by atoms with Crippen molar-refractivity contribution >= 4 is 17.6 Å². The lowest BCUT2D eigenvalue weighted by Gasteiger charge is -2.31. The van der Waals surface area contributed by atoms with E-state index < -0.39 is 5.60 Å². The highest BCUT2D eigenvalue weighted by Gasteiger charge is 2.55. The number of nitrogens with one attached hydrogen (secondary N) is 2. The van der Waals surface area contributed by atoms with Crippen molar-refractivity contribution in [2.24, 2.45) is 0 Å². The average Bonchev–Trinajstić information content (AvgIpc) is 3.01. The Balaban J connectivity index is 1.35. The summed E-state index contributed by atoms with van der Waals surface area (Å²) in [6.07, 6.45) is 5.91. The van der Waals surface area contributed by atoms with Gasteiger partial charge in [0.05, 0.1) is 12.1 Å². The molecule has 4 fully saturated rings. The van der Waals surface area contributed by atoms with E-state index >= 15 is 0 Å². The zero-order valence-corrected chi connectivity index (χ0v) is 12.2. The van der Waals surface area contributed by atoms with E-state index in [0.717, 1.165) is 24.5 Å². The Bertz CT molecular complexity index is 718. The van der Waals surface area contributed by atoms with Crippen molar-refractivity contribution in [1.82, 2.24) is 20.2 Å². The molecule has 0 spiro atoms. The molecule has 0 atom stereocenters. The van der Waals surface area contributed by atoms with Gasteiger partial charge in [0.15, 0.2) is 5.82 Å². The zero-order valence-electron chi connectivity index (χ0n) is 12.2. The van der Waals surface area contributed by atoms with Crippen LogP contribution in [0.2, 0.25) is 0 Å². The maximum atomic E-state index is 10.1. The molecule has 4 heterocycles. The van der Waals surface area contributed by atoms with Crippen LogP contribution in [0.3, 0.4) is 0 Å². The maximum absolute atomic E-state index is 10.1. The van der Waals surface area contributed by atoms with Crippen LogP contribution in [0.1, 0.15) is 37.3 Å². The number of anilines is 3. The highest BCUT2D eigenvalue weighted by molar-refractivity contribution is 5.54. The van der Waals surface area contributed by atoms with Gasteiger partial charge in [0, 0.05) is 29.9 Å². The summed E-state index contributed by atoms with van der Waals surface area (Å²) in [6.45, 7) is 0.634. The van der Waals surface area contributed by atoms with Crippen molar-refractivity contribution in [3.8, 4) is 0 Å². The molecule has 2 aromatic rings. The number of aromatic nitrogens is 4. The molecule has 114 valence electrons. The SMILES string of the molecule is OC12CC(C1)N(c1nccc(Nc3cc(C4CC4)[nH]n3)n1)C2. The lowest BCUT2D eigenvalue weighted by molar-refractivity contribution is 0.00797. The van der Waals surface area contributed by atoms with Crippen molar-refractivity contribution in [2.75, 3.05) is 16.8 Å². The van der Waals surface area contributed by atoms with Crippen LogP contribution in [-0.4, -0.2) is 43.5 Å². The summed E-state index contributed by atoms with van der Waals surface area (Å²) in [5.74, 6) is 2.85. The number of hydrogen-bond acceptors (Lipinski definition) is 6. The molecule has 2 bridgehead atoms. The number of rotatable bonds is 4. The Morgan fingerprint density at radius 1 is 1.32 bits per heavy atom. The highest BCUT2D eigenvalue weighted by atomic mass is 16.3. The molecule has 0 aromatic carbocycles. The average molecular weight is 298 g/mol. The predicted molar refractivity (Wildman–Crippen MR) is 81.2 cm³/mol. The fourth-order valence-electron chi connectivity index (χ4n) is 3.54. The van der Waals surface area contributed by atoms with E-state index in [0.29, 0.717) is 24.5 Å². The first-order valence-corrected chi connectivity index (χ1v) is 7.83. The van der Waals surface area contributed by atoms with E-state index in [2.05, 4.69) is 36.4 Å². The Kier molecular flexibility index (Phi) is 2.36. The number of fused-ring (bicyclic) bond motifs is 1. The Labute approximate surface area is 127 Å². The van der Waals surface area contributed by atoms with Gasteiger partial charge in [-0.2, -0.15) is 10.1 Å². The summed E-state index contributed by atoms with van der Waals surface area (Å²) in [4.78, 5) is 11.0. The van der Waals surface area contributed by atoms with E-state index in [1.54, 1.807) is 6.20 Å². The fraction of sp³-hybridized carbons (Fsp3) is 0.533. The van der Waals surface area contributed by atoms with Crippen molar-refractivity contribution in [2.45, 2.75) is 43.2 Å². The number of aromatic amines is 1. The van der Waals surface area contributed by atoms with Crippen LogP contribution in [0, 0.1) is 0 Å². The van der Waals surface area contributed by atoms with Gasteiger partial charge < -0.3 is 15.3 Å². The Morgan fingerprint density at radius 2 is 2.18 bits per heavy atom. The molecule has 6 rings (SSSR count). The van der Waals surface area contributed by atoms with Gasteiger partial charge in [-0.3, -0.25) is 5.10 Å². The second-order valence-electron chi connectivity index (χ2n) is 6.76. The summed E-state index contributed by atoms with van der Waals surface area (Å²) in [5, 5.41) is 20.7. The fourth-order valence-corrected chi connectivity index (χ4v) is 3.54. The van der Waals surface area contributed by atoms with Gasteiger partial charge >= 0.3 is 0 Å². The minimum absolute atomic E-state index is 0.382. The maximum Gasteiger partial charge on any atom is 0.227 e. The summed E-state index contributed by atoms with van der Waals surface area (Å²) >= 11 is 0. The number of hydrogen-bond donors (Lipinski definition) is 3. The molecule has 3 N–H and O–H groups in total. The van der Waals surface area contributed by atoms with Crippen molar-refractivity contribution in [1.29, 1.82) is 0 Å². The molecule has 0 radical (unpaired) electrons. The number of aliphatic hydroxyl groups is 1. The van der Waals surface area contributed by atoms with Crippen molar-refractivity contribution < 1.29 is 5.11 Å². The van der Waals surface area contributed by atoms with Crippen LogP contribution in [0.4, 0.5) is 17.6 Å². The standard InChI is InChI=1S/C15H18N6O/c22-15-6-10(7-15)21(8-15)14-16-4-3-12(18-14)17-13-5-11(19-20-13)9-1-2-9/h3-5,9-10,22H,1-2,6-8H2,(H2,16,17,18,19,20). The molecule has 0 unspecified atom stereocenters. The van der Waals surface area contributed by atoms with Crippen LogP contribution in [0.15, 0.2) is 18.3 Å². The topological polar surface area (TPSA) is 90.0 Å². The number of nitrogens with zero attached hydrogens (tertiary/aromatic N) is 4. The van der Waals surface area contributed by atoms with E-state index in [4.69, 9.17) is 0 Å². The van der Waals surface area contributed by atoms with Crippen LogP contribution >= 0.6 is 0 Å². The van der Waals surface area contributed by atoms with Gasteiger partial charge in [0.2, 0.25) is 5.95 Å². The molecule has 2 saturated carbocycles. The summed E-state index contributed by atoms with van der Waals surface area (Å²) in [5.41, 5.74) is 0.679. The van der Waals surface area contributed by atoms with E-state index in [9.17, 15) is 5.11 Å². The predicted octanol–water partition coefficient (Wildman–Crippen LogP) is 1.53. The first-order valence-electron chi connectivity index (χ1n) is 7.83. The van der Waals surface area contributed by atoms with Gasteiger partial charge in [-0.1, -0.05) is 0 Å². The van der Waals surface area contributed by atoms with Gasteiger partial charge in [-0.25, -0.2) is 4.98 Å². The van der Waals surface area contributed by atoms with Gasteiger partial charge in [0.1, 0.15) is 5.82 Å². The molecule has 2 aliphatic heterocycles. The molecule has 22 heavy (non-hydrogen) atoms. The van der Waals surface area contributed by atoms with E-state index in [1.165, 1.54) is 18.5 Å². The summed E-state index contributed by atoms with van der Waals surface area (Å²) < 4.78 is 0. The molecule has 2 saturated heterocycles. The second kappa shape index (κ2) is 4.19. The molecular formula is C15H18N6O. The lowest BCUT2D eigenvalue weighted by Crippen LogP contribution is -2.40. The van der Waals surface area contributed by atoms with Crippen molar-refractivity contribution in [3.63, 3.8) is 0 Å². The molecule has 0 amide bonds. The summed E-state index contributed by atoms with van der Waals surface area (Å²) in [7, 11) is 0. The molecule has 7 heteroatoms. The summed E-state index contributed by atoms with van der Waals surface area (Å²) in [6, 6.07) is 4.27. The molecule has 2 aliphatic carbocycles. The van der Waals surface area contributed by atoms with Crippen LogP contribution in [0.25, 0.3) is 0 Å². The largest absolute Gasteiger partial charge is 0.388 e. The smallest absolute Gasteiger partial charge is 0.227 e. The van der Waals surface area contributed by atoms with Gasteiger partial charge in [-0.05, 0) is 31.7 Å².